The molecule has 1 atom stereocenters. The minimum Gasteiger partial charge on any atom is -0.476 e. The van der Waals surface area contributed by atoms with Crippen LogP contribution in [0.25, 0.3) is 10.4 Å². The molecule has 0 aliphatic carbocycles. The van der Waals surface area contributed by atoms with E-state index in [0.717, 1.165) is 43.3 Å². The lowest BCUT2D eigenvalue weighted by Gasteiger charge is -2.26. The number of thiophene rings is 1. The first kappa shape index (κ1) is 26.0. The molecule has 36 heavy (non-hydrogen) atoms. The third-order valence-electron chi connectivity index (χ3n) is 5.35. The van der Waals surface area contributed by atoms with Gasteiger partial charge in [-0.05, 0) is 42.6 Å². The summed E-state index contributed by atoms with van der Waals surface area (Å²) in [4.78, 5) is 24.5. The van der Waals surface area contributed by atoms with Gasteiger partial charge in [0.15, 0.2) is 0 Å². The maximum absolute atomic E-state index is 12.8. The SMILES string of the molecule is CCOC(=O)N=S(C)(=O)c1ccc(Nc2ncc(-c3cccs3)c(OCCN3CCOCC3)n2)cc1. The summed E-state index contributed by atoms with van der Waals surface area (Å²) in [5.41, 5.74) is 1.52. The van der Waals surface area contributed by atoms with Crippen LogP contribution in [0.3, 0.4) is 0 Å². The molecular formula is C24H29N5O5S2. The molecule has 1 unspecified atom stereocenters. The molecule has 1 saturated heterocycles. The van der Waals surface area contributed by atoms with E-state index < -0.39 is 15.8 Å². The number of nitrogens with one attached hydrogen (secondary N) is 1. The molecular weight excluding hydrogens is 502 g/mol. The number of carbonyl (C=O) groups excluding carboxylic acids is 1. The van der Waals surface area contributed by atoms with Crippen molar-refractivity contribution in [1.29, 1.82) is 0 Å². The quantitative estimate of drug-likeness (QED) is 0.432. The molecule has 3 heterocycles. The van der Waals surface area contributed by atoms with Crippen LogP contribution in [0.1, 0.15) is 6.92 Å². The molecule has 1 aliphatic heterocycles. The maximum atomic E-state index is 12.8. The van der Waals surface area contributed by atoms with Crippen molar-refractivity contribution in [3.8, 4) is 16.3 Å². The zero-order valence-corrected chi connectivity index (χ0v) is 21.8. The van der Waals surface area contributed by atoms with E-state index in [9.17, 15) is 9.00 Å². The molecule has 0 spiro atoms. The predicted molar refractivity (Wildman–Crippen MR) is 140 cm³/mol. The van der Waals surface area contributed by atoms with Crippen LogP contribution in [-0.2, 0) is 19.2 Å². The Kier molecular flexibility index (Phi) is 8.86. The van der Waals surface area contributed by atoms with Gasteiger partial charge in [0, 0.05) is 47.5 Å². The number of anilines is 2. The summed E-state index contributed by atoms with van der Waals surface area (Å²) < 4.78 is 32.8. The molecule has 1 aliphatic rings. The molecule has 1 aromatic carbocycles. The summed E-state index contributed by atoms with van der Waals surface area (Å²) in [5.74, 6) is 0.877. The van der Waals surface area contributed by atoms with Crippen molar-refractivity contribution < 1.29 is 23.2 Å². The van der Waals surface area contributed by atoms with Gasteiger partial charge in [-0.15, -0.1) is 15.7 Å². The summed E-state index contributed by atoms with van der Waals surface area (Å²) in [7, 11) is -2.92. The Hall–Kier alpha value is -3.06. The van der Waals surface area contributed by atoms with Gasteiger partial charge in [0.25, 0.3) is 0 Å². The van der Waals surface area contributed by atoms with E-state index in [1.807, 2.05) is 17.5 Å². The first-order valence-corrected chi connectivity index (χ1v) is 14.3. The van der Waals surface area contributed by atoms with Gasteiger partial charge in [0.2, 0.25) is 11.8 Å². The minimum absolute atomic E-state index is 0.172. The summed E-state index contributed by atoms with van der Waals surface area (Å²) in [5, 5.41) is 5.16. The molecule has 1 amide bonds. The Morgan fingerprint density at radius 3 is 2.72 bits per heavy atom. The van der Waals surface area contributed by atoms with Crippen molar-refractivity contribution in [3.05, 3.63) is 48.0 Å². The van der Waals surface area contributed by atoms with Crippen LogP contribution in [-0.4, -0.2) is 77.5 Å². The highest BCUT2D eigenvalue weighted by Crippen LogP contribution is 2.32. The van der Waals surface area contributed by atoms with E-state index in [0.29, 0.717) is 29.0 Å². The molecule has 192 valence electrons. The van der Waals surface area contributed by atoms with E-state index in [-0.39, 0.29) is 6.61 Å². The number of hydrogen-bond donors (Lipinski definition) is 1. The van der Waals surface area contributed by atoms with E-state index >= 15 is 0 Å². The highest BCUT2D eigenvalue weighted by molar-refractivity contribution is 7.93. The number of amides is 1. The molecule has 10 nitrogen and oxygen atoms in total. The number of nitrogens with zero attached hydrogens (tertiary/aromatic N) is 4. The first-order valence-electron chi connectivity index (χ1n) is 11.5. The smallest absolute Gasteiger partial charge is 0.442 e. The number of hydrogen-bond acceptors (Lipinski definition) is 10. The van der Waals surface area contributed by atoms with Crippen LogP contribution >= 0.6 is 11.3 Å². The largest absolute Gasteiger partial charge is 0.476 e. The van der Waals surface area contributed by atoms with Crippen molar-refractivity contribution in [1.82, 2.24) is 14.9 Å². The van der Waals surface area contributed by atoms with Crippen molar-refractivity contribution in [2.45, 2.75) is 11.8 Å². The topological polar surface area (TPSA) is 115 Å². The molecule has 1 N–H and O–H groups in total. The number of benzene rings is 1. The standard InChI is InChI=1S/C24H29N5O5S2/c1-3-33-24(30)28-36(2,31)19-8-6-18(7-9-19)26-23-25-17-20(21-5-4-16-35-21)22(27-23)34-15-12-29-10-13-32-14-11-29/h4-9,16-17H,3,10-15H2,1-2H3,(H,25,26,27). The second kappa shape index (κ2) is 12.3. The fourth-order valence-corrected chi connectivity index (χ4v) is 5.31. The summed E-state index contributed by atoms with van der Waals surface area (Å²) in [6.07, 6.45) is 2.31. The Bertz CT molecular complexity index is 1270. The molecule has 1 fully saturated rings. The average molecular weight is 532 g/mol. The third kappa shape index (κ3) is 7.00. The van der Waals surface area contributed by atoms with E-state index in [1.54, 1.807) is 48.7 Å². The monoisotopic (exact) mass is 531 g/mol. The summed E-state index contributed by atoms with van der Waals surface area (Å²) in [6, 6.07) is 10.7. The van der Waals surface area contributed by atoms with Gasteiger partial charge in [0.1, 0.15) is 6.61 Å². The van der Waals surface area contributed by atoms with Gasteiger partial charge in [-0.25, -0.2) is 14.0 Å². The van der Waals surface area contributed by atoms with E-state index in [2.05, 4.69) is 24.5 Å². The lowest BCUT2D eigenvalue weighted by molar-refractivity contribution is 0.0320. The summed E-state index contributed by atoms with van der Waals surface area (Å²) >= 11 is 1.60. The van der Waals surface area contributed by atoms with Gasteiger partial charge >= 0.3 is 6.09 Å². The molecule has 12 heteroatoms. The van der Waals surface area contributed by atoms with Crippen LogP contribution < -0.4 is 10.1 Å². The normalized spacial score (nSPS) is 15.6. The lowest BCUT2D eigenvalue weighted by atomic mass is 10.2. The molecule has 4 rings (SSSR count). The highest BCUT2D eigenvalue weighted by Gasteiger charge is 2.15. The fourth-order valence-electron chi connectivity index (χ4n) is 3.50. The van der Waals surface area contributed by atoms with Gasteiger partial charge in [-0.3, -0.25) is 4.90 Å². The van der Waals surface area contributed by atoms with Crippen molar-refractivity contribution in [2.75, 3.05) is 57.6 Å². The van der Waals surface area contributed by atoms with Gasteiger partial charge < -0.3 is 19.5 Å². The van der Waals surface area contributed by atoms with Crippen LogP contribution in [0.4, 0.5) is 16.4 Å². The van der Waals surface area contributed by atoms with Gasteiger partial charge in [-0.2, -0.15) is 4.98 Å². The lowest BCUT2D eigenvalue weighted by Crippen LogP contribution is -2.38. The van der Waals surface area contributed by atoms with Crippen LogP contribution in [0.2, 0.25) is 0 Å². The number of rotatable bonds is 9. The predicted octanol–water partition coefficient (Wildman–Crippen LogP) is 4.27. The van der Waals surface area contributed by atoms with Crippen LogP contribution in [0, 0.1) is 0 Å². The second-order valence-corrected chi connectivity index (χ2v) is 11.1. The maximum Gasteiger partial charge on any atom is 0.442 e. The second-order valence-electron chi connectivity index (χ2n) is 7.93. The Morgan fingerprint density at radius 1 is 1.25 bits per heavy atom. The molecule has 0 saturated carbocycles. The average Bonchev–Trinajstić information content (AvgIpc) is 3.40. The van der Waals surface area contributed by atoms with E-state index in [4.69, 9.17) is 14.2 Å². The zero-order chi connectivity index (χ0) is 25.4. The minimum atomic E-state index is -2.92. The fraction of sp³-hybridized carbons (Fsp3) is 0.375. The van der Waals surface area contributed by atoms with Gasteiger partial charge in [-0.1, -0.05) is 6.07 Å². The number of aromatic nitrogens is 2. The van der Waals surface area contributed by atoms with Crippen molar-refractivity contribution >= 4 is 38.8 Å². The number of carbonyl (C=O) groups is 1. The molecule has 2 aromatic heterocycles. The zero-order valence-electron chi connectivity index (χ0n) is 20.2. The van der Waals surface area contributed by atoms with Crippen LogP contribution in [0.5, 0.6) is 5.88 Å². The Morgan fingerprint density at radius 2 is 2.03 bits per heavy atom. The molecule has 3 aromatic rings. The van der Waals surface area contributed by atoms with Crippen molar-refractivity contribution in [3.63, 3.8) is 0 Å². The van der Waals surface area contributed by atoms with Gasteiger partial charge in [0.05, 0.1) is 35.1 Å². The highest BCUT2D eigenvalue weighted by atomic mass is 32.2. The van der Waals surface area contributed by atoms with Crippen molar-refractivity contribution in [2.24, 2.45) is 4.36 Å². The summed E-state index contributed by atoms with van der Waals surface area (Å²) in [6.45, 7) is 6.39. The Balaban J connectivity index is 1.48. The molecule has 0 radical (unpaired) electrons. The first-order chi connectivity index (χ1) is 17.4. The third-order valence-corrected chi connectivity index (χ3v) is 7.90. The van der Waals surface area contributed by atoms with E-state index in [1.165, 1.54) is 6.26 Å². The number of ether oxygens (including phenoxy) is 3. The van der Waals surface area contributed by atoms with Crippen LogP contribution in [0.15, 0.2) is 57.2 Å². The molecule has 0 bridgehead atoms. The Labute approximate surface area is 214 Å². The number of morpholine rings is 1.